The number of pyridine rings is 1. The highest BCUT2D eigenvalue weighted by Gasteiger charge is 1.98. The van der Waals surface area contributed by atoms with Gasteiger partial charge in [0.05, 0.1) is 11.9 Å². The lowest BCUT2D eigenvalue weighted by molar-refractivity contribution is 1.13. The predicted octanol–water partition coefficient (Wildman–Crippen LogP) is 2.58. The maximum Gasteiger partial charge on any atom is 0.0551 e. The van der Waals surface area contributed by atoms with Crippen LogP contribution in [0.15, 0.2) is 42.7 Å². The summed E-state index contributed by atoms with van der Waals surface area (Å²) in [6.45, 7) is 2.80. The highest BCUT2D eigenvalue weighted by molar-refractivity contribution is 5.49. The van der Waals surface area contributed by atoms with Crippen LogP contribution in [0.4, 0.5) is 11.4 Å². The summed E-state index contributed by atoms with van der Waals surface area (Å²) in [6, 6.07) is 10.2. The van der Waals surface area contributed by atoms with Crippen LogP contribution in [0.1, 0.15) is 11.1 Å². The summed E-state index contributed by atoms with van der Waals surface area (Å²) in [5.41, 5.74) is 9.95. The van der Waals surface area contributed by atoms with E-state index < -0.39 is 0 Å². The molecule has 16 heavy (non-hydrogen) atoms. The minimum Gasteiger partial charge on any atom is -0.397 e. The van der Waals surface area contributed by atoms with E-state index in [0.717, 1.165) is 23.5 Å². The van der Waals surface area contributed by atoms with Gasteiger partial charge < -0.3 is 11.1 Å². The van der Waals surface area contributed by atoms with Crippen molar-refractivity contribution in [3.8, 4) is 0 Å². The zero-order chi connectivity index (χ0) is 11.4. The lowest BCUT2D eigenvalue weighted by Crippen LogP contribution is -2.03. The molecule has 0 saturated carbocycles. The molecule has 0 aliphatic carbocycles. The average molecular weight is 213 g/mol. The third kappa shape index (κ3) is 2.51. The maximum atomic E-state index is 5.81. The Morgan fingerprint density at radius 1 is 1.31 bits per heavy atom. The summed E-state index contributed by atoms with van der Waals surface area (Å²) in [5, 5.41) is 3.33. The van der Waals surface area contributed by atoms with Crippen molar-refractivity contribution in [3.63, 3.8) is 0 Å². The van der Waals surface area contributed by atoms with Gasteiger partial charge in [-0.2, -0.15) is 0 Å². The van der Waals surface area contributed by atoms with E-state index in [2.05, 4.69) is 29.4 Å². The standard InChI is InChI=1S/C13H15N3/c1-10-3-2-4-12(7-10)16-8-11-5-6-15-9-13(11)14/h2-7,9,16H,8,14H2,1H3. The van der Waals surface area contributed by atoms with Crippen LogP contribution in [0, 0.1) is 6.92 Å². The summed E-state index contributed by atoms with van der Waals surface area (Å²) in [6.07, 6.45) is 3.43. The van der Waals surface area contributed by atoms with Gasteiger partial charge in [0.25, 0.3) is 0 Å². The monoisotopic (exact) mass is 213 g/mol. The normalized spacial score (nSPS) is 10.1. The first kappa shape index (κ1) is 10.5. The second-order valence-electron chi connectivity index (χ2n) is 3.80. The molecule has 3 heteroatoms. The summed E-state index contributed by atoms with van der Waals surface area (Å²) in [7, 11) is 0. The summed E-state index contributed by atoms with van der Waals surface area (Å²) in [5.74, 6) is 0. The number of nitrogens with two attached hydrogens (primary N) is 1. The van der Waals surface area contributed by atoms with Crippen LogP contribution in [-0.4, -0.2) is 4.98 Å². The van der Waals surface area contributed by atoms with Gasteiger partial charge in [-0.3, -0.25) is 4.98 Å². The topological polar surface area (TPSA) is 50.9 Å². The zero-order valence-corrected chi connectivity index (χ0v) is 9.27. The molecule has 0 radical (unpaired) electrons. The molecule has 0 unspecified atom stereocenters. The first-order valence-corrected chi connectivity index (χ1v) is 5.24. The minimum atomic E-state index is 0.720. The van der Waals surface area contributed by atoms with Gasteiger partial charge in [0.1, 0.15) is 0 Å². The second kappa shape index (κ2) is 4.66. The van der Waals surface area contributed by atoms with Crippen LogP contribution in [0.25, 0.3) is 0 Å². The zero-order valence-electron chi connectivity index (χ0n) is 9.27. The van der Waals surface area contributed by atoms with Crippen molar-refractivity contribution in [2.75, 3.05) is 11.1 Å². The summed E-state index contributed by atoms with van der Waals surface area (Å²) in [4.78, 5) is 3.96. The van der Waals surface area contributed by atoms with E-state index in [1.165, 1.54) is 5.56 Å². The van der Waals surface area contributed by atoms with Crippen molar-refractivity contribution in [1.29, 1.82) is 0 Å². The van der Waals surface area contributed by atoms with Crippen molar-refractivity contribution in [2.45, 2.75) is 13.5 Å². The molecule has 82 valence electrons. The molecule has 3 nitrogen and oxygen atoms in total. The van der Waals surface area contributed by atoms with E-state index in [-0.39, 0.29) is 0 Å². The van der Waals surface area contributed by atoms with Crippen molar-refractivity contribution in [2.24, 2.45) is 0 Å². The number of nitrogens with one attached hydrogen (secondary N) is 1. The van der Waals surface area contributed by atoms with Gasteiger partial charge in [-0.25, -0.2) is 0 Å². The number of hydrogen-bond acceptors (Lipinski definition) is 3. The number of hydrogen-bond donors (Lipinski definition) is 2. The molecule has 0 atom stereocenters. The highest BCUT2D eigenvalue weighted by Crippen LogP contribution is 2.14. The number of anilines is 2. The second-order valence-corrected chi connectivity index (χ2v) is 3.80. The molecule has 0 bridgehead atoms. The first-order valence-electron chi connectivity index (χ1n) is 5.24. The van der Waals surface area contributed by atoms with E-state index >= 15 is 0 Å². The molecule has 0 spiro atoms. The molecular weight excluding hydrogens is 198 g/mol. The fraction of sp³-hybridized carbons (Fsp3) is 0.154. The molecule has 1 aromatic carbocycles. The lowest BCUT2D eigenvalue weighted by Gasteiger charge is -2.08. The molecule has 2 rings (SSSR count). The molecule has 0 saturated heterocycles. The van der Waals surface area contributed by atoms with Crippen LogP contribution in [0.2, 0.25) is 0 Å². The first-order chi connectivity index (χ1) is 7.75. The summed E-state index contributed by atoms with van der Waals surface area (Å²) >= 11 is 0. The third-order valence-electron chi connectivity index (χ3n) is 2.45. The Morgan fingerprint density at radius 3 is 2.94 bits per heavy atom. The highest BCUT2D eigenvalue weighted by atomic mass is 14.9. The Hall–Kier alpha value is -2.03. The van der Waals surface area contributed by atoms with E-state index in [1.54, 1.807) is 12.4 Å². The number of aromatic nitrogens is 1. The van der Waals surface area contributed by atoms with Crippen molar-refractivity contribution in [3.05, 3.63) is 53.9 Å². The van der Waals surface area contributed by atoms with E-state index in [9.17, 15) is 0 Å². The Kier molecular flexibility index (Phi) is 3.05. The molecule has 2 aromatic rings. The van der Waals surface area contributed by atoms with Crippen LogP contribution >= 0.6 is 0 Å². The van der Waals surface area contributed by atoms with E-state index in [1.807, 2.05) is 18.2 Å². The van der Waals surface area contributed by atoms with Gasteiger partial charge in [0.2, 0.25) is 0 Å². The van der Waals surface area contributed by atoms with Gasteiger partial charge in [0, 0.05) is 18.4 Å². The number of nitrogen functional groups attached to an aromatic ring is 1. The van der Waals surface area contributed by atoms with Crippen LogP contribution in [0.5, 0.6) is 0 Å². The Bertz CT molecular complexity index is 480. The number of aryl methyl sites for hydroxylation is 1. The lowest BCUT2D eigenvalue weighted by atomic mass is 10.2. The molecule has 3 N–H and O–H groups in total. The van der Waals surface area contributed by atoms with E-state index in [0.29, 0.717) is 0 Å². The van der Waals surface area contributed by atoms with Crippen molar-refractivity contribution >= 4 is 11.4 Å². The van der Waals surface area contributed by atoms with Gasteiger partial charge in [-0.15, -0.1) is 0 Å². The molecule has 1 heterocycles. The van der Waals surface area contributed by atoms with Crippen LogP contribution in [0.3, 0.4) is 0 Å². The number of benzene rings is 1. The van der Waals surface area contributed by atoms with Crippen molar-refractivity contribution in [1.82, 2.24) is 4.98 Å². The SMILES string of the molecule is Cc1cccc(NCc2ccncc2N)c1. The smallest absolute Gasteiger partial charge is 0.0551 e. The largest absolute Gasteiger partial charge is 0.397 e. The molecular formula is C13H15N3. The van der Waals surface area contributed by atoms with Crippen LogP contribution in [-0.2, 0) is 6.54 Å². The molecule has 1 aromatic heterocycles. The van der Waals surface area contributed by atoms with Gasteiger partial charge in [-0.1, -0.05) is 12.1 Å². The number of nitrogens with zero attached hydrogens (tertiary/aromatic N) is 1. The third-order valence-corrected chi connectivity index (χ3v) is 2.45. The fourth-order valence-electron chi connectivity index (χ4n) is 1.55. The Balaban J connectivity index is 2.05. The van der Waals surface area contributed by atoms with Gasteiger partial charge in [0.15, 0.2) is 0 Å². The van der Waals surface area contributed by atoms with Gasteiger partial charge >= 0.3 is 0 Å². The fourth-order valence-corrected chi connectivity index (χ4v) is 1.55. The summed E-state index contributed by atoms with van der Waals surface area (Å²) < 4.78 is 0. The molecule has 0 aliphatic heterocycles. The minimum absolute atomic E-state index is 0.720. The molecule has 0 aliphatic rings. The van der Waals surface area contributed by atoms with E-state index in [4.69, 9.17) is 5.73 Å². The Morgan fingerprint density at radius 2 is 2.19 bits per heavy atom. The quantitative estimate of drug-likeness (QED) is 0.824. The average Bonchev–Trinajstić information content (AvgIpc) is 2.28. The van der Waals surface area contributed by atoms with Crippen molar-refractivity contribution < 1.29 is 0 Å². The molecule has 0 amide bonds. The van der Waals surface area contributed by atoms with Gasteiger partial charge in [-0.05, 0) is 36.2 Å². The number of rotatable bonds is 3. The predicted molar refractivity (Wildman–Crippen MR) is 67.2 cm³/mol. The molecule has 0 fully saturated rings. The Labute approximate surface area is 95.3 Å². The van der Waals surface area contributed by atoms with Crippen LogP contribution < -0.4 is 11.1 Å². The maximum absolute atomic E-state index is 5.81.